The minimum absolute atomic E-state index is 0.465. The molecule has 1 N–H and O–H groups in total. The third-order valence-electron chi connectivity index (χ3n) is 3.74. The first-order valence-corrected chi connectivity index (χ1v) is 7.53. The number of fused-ring (bicyclic) bond motifs is 1. The first-order chi connectivity index (χ1) is 9.60. The Bertz CT molecular complexity index is 513. The quantitative estimate of drug-likeness (QED) is 0.677. The molecule has 0 aromatic heterocycles. The summed E-state index contributed by atoms with van der Waals surface area (Å²) in [4.78, 5) is 11.6. The predicted octanol–water partition coefficient (Wildman–Crippen LogP) is 2.93. The Balaban J connectivity index is 2.54. The molecule has 0 saturated carbocycles. The Morgan fingerprint density at radius 1 is 1.30 bits per heavy atom. The highest BCUT2D eigenvalue weighted by molar-refractivity contribution is 9.10. The lowest BCUT2D eigenvalue weighted by molar-refractivity contribution is -0.150. The van der Waals surface area contributed by atoms with Gasteiger partial charge in [0.15, 0.2) is 6.10 Å². The molecule has 4 nitrogen and oxygen atoms in total. The van der Waals surface area contributed by atoms with Crippen molar-refractivity contribution >= 4 is 21.9 Å². The van der Waals surface area contributed by atoms with Crippen molar-refractivity contribution in [3.63, 3.8) is 0 Å². The molecule has 0 bridgehead atoms. The van der Waals surface area contributed by atoms with Crippen LogP contribution in [-0.4, -0.2) is 25.3 Å². The second-order valence-electron chi connectivity index (χ2n) is 4.94. The summed E-state index contributed by atoms with van der Waals surface area (Å²) in [5, 5.41) is 10.1. The van der Waals surface area contributed by atoms with Crippen LogP contribution in [0.1, 0.15) is 42.1 Å². The van der Waals surface area contributed by atoms with Gasteiger partial charge >= 0.3 is 5.97 Å². The van der Waals surface area contributed by atoms with Gasteiger partial charge in [-0.25, -0.2) is 4.79 Å². The molecule has 0 heterocycles. The second kappa shape index (κ2) is 6.59. The van der Waals surface area contributed by atoms with Gasteiger partial charge < -0.3 is 14.6 Å². The van der Waals surface area contributed by atoms with Crippen LogP contribution in [0.4, 0.5) is 0 Å². The maximum Gasteiger partial charge on any atom is 0.339 e. The molecule has 2 rings (SSSR count). The van der Waals surface area contributed by atoms with Crippen LogP contribution in [0, 0.1) is 0 Å². The van der Waals surface area contributed by atoms with Crippen LogP contribution < -0.4 is 4.74 Å². The molecule has 1 aliphatic rings. The number of hydrogen-bond donors (Lipinski definition) is 1. The number of halogens is 1. The van der Waals surface area contributed by atoms with E-state index in [9.17, 15) is 9.90 Å². The summed E-state index contributed by atoms with van der Waals surface area (Å²) < 4.78 is 10.8. The van der Waals surface area contributed by atoms with Gasteiger partial charge in [0.25, 0.3) is 0 Å². The molecule has 1 aliphatic carbocycles. The molecule has 1 atom stereocenters. The van der Waals surface area contributed by atoms with Crippen LogP contribution in [0.2, 0.25) is 0 Å². The van der Waals surface area contributed by atoms with Crippen LogP contribution in [-0.2, 0) is 22.4 Å². The second-order valence-corrected chi connectivity index (χ2v) is 5.73. The van der Waals surface area contributed by atoms with Crippen LogP contribution in [0.3, 0.4) is 0 Å². The summed E-state index contributed by atoms with van der Waals surface area (Å²) in [7, 11) is 2.80. The van der Waals surface area contributed by atoms with Crippen molar-refractivity contribution in [1.82, 2.24) is 0 Å². The Hall–Kier alpha value is -1.07. The zero-order valence-corrected chi connectivity index (χ0v) is 13.3. The fraction of sp³-hybridized carbons (Fsp3) is 0.533. The number of benzene rings is 1. The number of hydrogen-bond acceptors (Lipinski definition) is 4. The van der Waals surface area contributed by atoms with Crippen LogP contribution in [0.15, 0.2) is 10.5 Å². The van der Waals surface area contributed by atoms with E-state index in [1.165, 1.54) is 31.8 Å². The van der Waals surface area contributed by atoms with E-state index in [0.717, 1.165) is 30.2 Å². The summed E-state index contributed by atoms with van der Waals surface area (Å²) in [6.45, 7) is 0. The van der Waals surface area contributed by atoms with Gasteiger partial charge in [0, 0.05) is 5.56 Å². The number of aliphatic hydroxyl groups excluding tert-OH is 1. The topological polar surface area (TPSA) is 55.8 Å². The van der Waals surface area contributed by atoms with Crippen molar-refractivity contribution < 1.29 is 19.4 Å². The first kappa shape index (κ1) is 15.3. The lowest BCUT2D eigenvalue weighted by Crippen LogP contribution is -2.15. The molecule has 1 aromatic rings. The van der Waals surface area contributed by atoms with E-state index in [-0.39, 0.29) is 0 Å². The van der Waals surface area contributed by atoms with Crippen molar-refractivity contribution in [1.29, 1.82) is 0 Å². The number of carbonyl (C=O) groups excluding carboxylic acids is 1. The monoisotopic (exact) mass is 342 g/mol. The number of carbonyl (C=O) groups is 1. The Morgan fingerprint density at radius 3 is 2.65 bits per heavy atom. The van der Waals surface area contributed by atoms with Gasteiger partial charge in [-0.1, -0.05) is 6.42 Å². The van der Waals surface area contributed by atoms with Crippen molar-refractivity contribution in [2.45, 2.75) is 38.2 Å². The van der Waals surface area contributed by atoms with E-state index in [1.807, 2.05) is 6.07 Å². The normalized spacial score (nSPS) is 16.0. The molecule has 1 aromatic carbocycles. The van der Waals surface area contributed by atoms with E-state index >= 15 is 0 Å². The van der Waals surface area contributed by atoms with Crippen molar-refractivity contribution in [2.75, 3.05) is 14.2 Å². The van der Waals surface area contributed by atoms with Gasteiger partial charge in [-0.05, 0) is 58.8 Å². The van der Waals surface area contributed by atoms with E-state index in [2.05, 4.69) is 20.7 Å². The van der Waals surface area contributed by atoms with Gasteiger partial charge in [0.05, 0.1) is 18.7 Å². The third-order valence-corrected chi connectivity index (χ3v) is 4.58. The van der Waals surface area contributed by atoms with Gasteiger partial charge in [-0.3, -0.25) is 0 Å². The summed E-state index contributed by atoms with van der Waals surface area (Å²) >= 11 is 3.56. The molecule has 0 radical (unpaired) electrons. The number of esters is 1. The minimum atomic E-state index is -1.32. The van der Waals surface area contributed by atoms with E-state index in [0.29, 0.717) is 11.3 Å². The zero-order chi connectivity index (χ0) is 14.7. The van der Waals surface area contributed by atoms with Gasteiger partial charge in [-0.2, -0.15) is 0 Å². The fourth-order valence-corrected chi connectivity index (χ4v) is 3.53. The largest absolute Gasteiger partial charge is 0.495 e. The average Bonchev–Trinajstić information content (AvgIpc) is 2.71. The molecule has 5 heteroatoms. The zero-order valence-electron chi connectivity index (χ0n) is 11.7. The average molecular weight is 343 g/mol. The number of methoxy groups -OCH3 is 2. The summed E-state index contributed by atoms with van der Waals surface area (Å²) in [5.74, 6) is -0.160. The van der Waals surface area contributed by atoms with E-state index in [1.54, 1.807) is 0 Å². The van der Waals surface area contributed by atoms with E-state index in [4.69, 9.17) is 4.74 Å². The van der Waals surface area contributed by atoms with Crippen LogP contribution >= 0.6 is 15.9 Å². The van der Waals surface area contributed by atoms with Crippen LogP contribution in [0.5, 0.6) is 5.75 Å². The highest BCUT2D eigenvalue weighted by atomic mass is 79.9. The number of ether oxygens (including phenoxy) is 2. The highest BCUT2D eigenvalue weighted by Crippen LogP contribution is 2.40. The molecule has 20 heavy (non-hydrogen) atoms. The highest BCUT2D eigenvalue weighted by Gasteiger charge is 2.27. The minimum Gasteiger partial charge on any atom is -0.495 e. The van der Waals surface area contributed by atoms with Gasteiger partial charge in [0.1, 0.15) is 5.75 Å². The van der Waals surface area contributed by atoms with Crippen molar-refractivity contribution in [3.05, 3.63) is 27.2 Å². The number of rotatable bonds is 3. The molecule has 1 unspecified atom stereocenters. The van der Waals surface area contributed by atoms with Gasteiger partial charge in [-0.15, -0.1) is 0 Å². The molecular weight excluding hydrogens is 324 g/mol. The first-order valence-electron chi connectivity index (χ1n) is 6.74. The van der Waals surface area contributed by atoms with Crippen molar-refractivity contribution in [3.8, 4) is 5.75 Å². The number of aliphatic hydroxyl groups is 1. The van der Waals surface area contributed by atoms with Gasteiger partial charge in [0.2, 0.25) is 0 Å². The SMILES string of the molecule is COC(=O)C(O)c1cc2c(c(Br)c1OC)CCCCC2. The van der Waals surface area contributed by atoms with Crippen molar-refractivity contribution in [2.24, 2.45) is 0 Å². The molecule has 110 valence electrons. The molecule has 0 spiro atoms. The summed E-state index contributed by atoms with van der Waals surface area (Å²) in [5.41, 5.74) is 2.86. The molecule has 0 saturated heterocycles. The fourth-order valence-electron chi connectivity index (χ4n) is 2.68. The Morgan fingerprint density at radius 2 is 2.00 bits per heavy atom. The Labute approximate surface area is 127 Å². The molecule has 0 fully saturated rings. The summed E-state index contributed by atoms with van der Waals surface area (Å²) in [6, 6.07) is 1.88. The smallest absolute Gasteiger partial charge is 0.339 e. The lowest BCUT2D eigenvalue weighted by atomic mass is 9.96. The molecular formula is C15H19BrO4. The maximum atomic E-state index is 11.6. The number of aryl methyl sites for hydroxylation is 1. The third kappa shape index (κ3) is 2.83. The molecule has 0 aliphatic heterocycles. The standard InChI is InChI=1S/C15H19BrO4/c1-19-14-11(13(17)15(18)20-2)8-9-6-4-3-5-7-10(9)12(14)16/h8,13,17H,3-7H2,1-2H3. The Kier molecular flexibility index (Phi) is 5.05. The lowest BCUT2D eigenvalue weighted by Gasteiger charge is -2.19. The molecule has 0 amide bonds. The van der Waals surface area contributed by atoms with Crippen LogP contribution in [0.25, 0.3) is 0 Å². The predicted molar refractivity (Wildman–Crippen MR) is 78.9 cm³/mol. The maximum absolute atomic E-state index is 11.6. The van der Waals surface area contributed by atoms with E-state index < -0.39 is 12.1 Å². The summed E-state index contributed by atoms with van der Waals surface area (Å²) in [6.07, 6.45) is 4.09.